The molecule has 6 nitrogen and oxygen atoms in total. The zero-order valence-electron chi connectivity index (χ0n) is 17.8. The summed E-state index contributed by atoms with van der Waals surface area (Å²) in [6.07, 6.45) is 3.55. The van der Waals surface area contributed by atoms with Crippen molar-refractivity contribution >= 4 is 11.8 Å². The van der Waals surface area contributed by atoms with Gasteiger partial charge in [-0.3, -0.25) is 14.5 Å². The van der Waals surface area contributed by atoms with Crippen LogP contribution in [0, 0.1) is 5.92 Å². The lowest BCUT2D eigenvalue weighted by atomic mass is 9.90. The Bertz CT molecular complexity index is 848. The van der Waals surface area contributed by atoms with E-state index in [4.69, 9.17) is 4.42 Å². The van der Waals surface area contributed by atoms with Gasteiger partial charge in [-0.2, -0.15) is 0 Å². The molecule has 2 fully saturated rings. The van der Waals surface area contributed by atoms with Crippen molar-refractivity contribution in [2.24, 2.45) is 5.92 Å². The third-order valence-corrected chi connectivity index (χ3v) is 6.34. The van der Waals surface area contributed by atoms with E-state index in [9.17, 15) is 9.59 Å². The Kier molecular flexibility index (Phi) is 6.53. The Balaban J connectivity index is 1.24. The molecule has 0 radical (unpaired) electrons. The van der Waals surface area contributed by atoms with Crippen LogP contribution < -0.4 is 0 Å². The number of hydrogen-bond acceptors (Lipinski definition) is 4. The van der Waals surface area contributed by atoms with Crippen LogP contribution >= 0.6 is 0 Å². The van der Waals surface area contributed by atoms with Crippen LogP contribution in [-0.2, 0) is 17.8 Å². The quantitative estimate of drug-likeness (QED) is 0.762. The molecule has 3 heterocycles. The summed E-state index contributed by atoms with van der Waals surface area (Å²) in [6.45, 7) is 6.75. The number of rotatable bonds is 5. The first kappa shape index (κ1) is 20.7. The predicted octanol–water partition coefficient (Wildman–Crippen LogP) is 3.04. The lowest BCUT2D eigenvalue weighted by Crippen LogP contribution is -2.50. The van der Waals surface area contributed by atoms with Crippen LogP contribution in [0.2, 0.25) is 0 Å². The molecule has 2 aromatic rings. The summed E-state index contributed by atoms with van der Waals surface area (Å²) < 4.78 is 5.88. The molecule has 2 saturated heterocycles. The van der Waals surface area contributed by atoms with Crippen molar-refractivity contribution in [3.63, 3.8) is 0 Å². The third kappa shape index (κ3) is 5.11. The standard InChI is InChI=1S/C24H31N3O3/c1-19(28)26-13-15-27(16-14-26)24(29)23-8-7-22(30-23)18-25-11-9-21(10-12-25)17-20-5-3-2-4-6-20/h2-8,21H,9-18H2,1H3. The van der Waals surface area contributed by atoms with Gasteiger partial charge in [-0.05, 0) is 56.0 Å². The molecule has 0 N–H and O–H groups in total. The Hall–Kier alpha value is -2.60. The first-order valence-electron chi connectivity index (χ1n) is 11.0. The molecule has 1 aromatic heterocycles. The van der Waals surface area contributed by atoms with Gasteiger partial charge in [-0.25, -0.2) is 0 Å². The molecule has 0 atom stereocenters. The van der Waals surface area contributed by atoms with Crippen molar-refractivity contribution in [1.82, 2.24) is 14.7 Å². The van der Waals surface area contributed by atoms with Crippen LogP contribution in [0.5, 0.6) is 0 Å². The molecule has 2 aliphatic heterocycles. The van der Waals surface area contributed by atoms with E-state index in [1.54, 1.807) is 22.8 Å². The maximum Gasteiger partial charge on any atom is 0.289 e. The minimum Gasteiger partial charge on any atom is -0.455 e. The number of amides is 2. The lowest BCUT2D eigenvalue weighted by molar-refractivity contribution is -0.130. The number of likely N-dealkylation sites (tertiary alicyclic amines) is 1. The molecule has 6 heteroatoms. The number of hydrogen-bond donors (Lipinski definition) is 0. The van der Waals surface area contributed by atoms with E-state index in [1.165, 1.54) is 18.4 Å². The normalized spacial score (nSPS) is 18.6. The molecular weight excluding hydrogens is 378 g/mol. The predicted molar refractivity (Wildman–Crippen MR) is 115 cm³/mol. The van der Waals surface area contributed by atoms with E-state index in [0.29, 0.717) is 31.9 Å². The highest BCUT2D eigenvalue weighted by atomic mass is 16.4. The Morgan fingerprint density at radius 1 is 0.900 bits per heavy atom. The molecule has 0 aliphatic carbocycles. The van der Waals surface area contributed by atoms with Crippen molar-refractivity contribution in [3.05, 3.63) is 59.5 Å². The Morgan fingerprint density at radius 3 is 2.23 bits per heavy atom. The molecule has 2 aliphatic rings. The molecule has 160 valence electrons. The second-order valence-electron chi connectivity index (χ2n) is 8.47. The SMILES string of the molecule is CC(=O)N1CCN(C(=O)c2ccc(CN3CCC(Cc4ccccc4)CC3)o2)CC1. The highest BCUT2D eigenvalue weighted by molar-refractivity contribution is 5.91. The maximum absolute atomic E-state index is 12.7. The molecule has 4 rings (SSSR count). The number of nitrogens with zero attached hydrogens (tertiary/aromatic N) is 3. The molecule has 0 saturated carbocycles. The third-order valence-electron chi connectivity index (χ3n) is 6.34. The number of piperazine rings is 1. The van der Waals surface area contributed by atoms with Gasteiger partial charge < -0.3 is 14.2 Å². The summed E-state index contributed by atoms with van der Waals surface area (Å²) in [5.74, 6) is 1.98. The minimum atomic E-state index is -0.0778. The molecule has 0 bridgehead atoms. The van der Waals surface area contributed by atoms with Gasteiger partial charge in [0.15, 0.2) is 5.76 Å². The van der Waals surface area contributed by atoms with E-state index < -0.39 is 0 Å². The zero-order chi connectivity index (χ0) is 20.9. The van der Waals surface area contributed by atoms with Crippen LogP contribution in [0.1, 0.15) is 41.6 Å². The van der Waals surface area contributed by atoms with Crippen LogP contribution in [0.4, 0.5) is 0 Å². The topological polar surface area (TPSA) is 57.0 Å². The summed E-state index contributed by atoms with van der Waals surface area (Å²) in [5.41, 5.74) is 1.43. The van der Waals surface area contributed by atoms with Gasteiger partial charge in [0.25, 0.3) is 5.91 Å². The van der Waals surface area contributed by atoms with Crippen LogP contribution in [-0.4, -0.2) is 65.8 Å². The summed E-state index contributed by atoms with van der Waals surface area (Å²) in [6, 6.07) is 14.4. The minimum absolute atomic E-state index is 0.0647. The van der Waals surface area contributed by atoms with Gasteiger partial charge >= 0.3 is 0 Å². The van der Waals surface area contributed by atoms with Gasteiger partial charge in [0.2, 0.25) is 5.91 Å². The largest absolute Gasteiger partial charge is 0.455 e. The first-order valence-corrected chi connectivity index (χ1v) is 11.0. The molecule has 30 heavy (non-hydrogen) atoms. The summed E-state index contributed by atoms with van der Waals surface area (Å²) in [4.78, 5) is 30.1. The molecule has 1 aromatic carbocycles. The fraction of sp³-hybridized carbons (Fsp3) is 0.500. The second kappa shape index (κ2) is 9.47. The second-order valence-corrected chi connectivity index (χ2v) is 8.47. The number of carbonyl (C=O) groups excluding carboxylic acids is 2. The van der Waals surface area contributed by atoms with Crippen molar-refractivity contribution in [1.29, 1.82) is 0 Å². The highest BCUT2D eigenvalue weighted by Crippen LogP contribution is 2.23. The first-order chi connectivity index (χ1) is 14.6. The number of benzene rings is 1. The number of furan rings is 1. The van der Waals surface area contributed by atoms with E-state index in [-0.39, 0.29) is 11.8 Å². The fourth-order valence-electron chi connectivity index (χ4n) is 4.47. The van der Waals surface area contributed by atoms with Crippen molar-refractivity contribution in [3.8, 4) is 0 Å². The Labute approximate surface area is 178 Å². The van der Waals surface area contributed by atoms with Gasteiger partial charge in [-0.1, -0.05) is 30.3 Å². The molecule has 0 unspecified atom stereocenters. The monoisotopic (exact) mass is 409 g/mol. The van der Waals surface area contributed by atoms with Gasteiger partial charge in [0, 0.05) is 33.1 Å². The van der Waals surface area contributed by atoms with Crippen LogP contribution in [0.3, 0.4) is 0 Å². The summed E-state index contributed by atoms with van der Waals surface area (Å²) in [5, 5.41) is 0. The zero-order valence-corrected chi connectivity index (χ0v) is 17.8. The molecular formula is C24H31N3O3. The van der Waals surface area contributed by atoms with Crippen LogP contribution in [0.15, 0.2) is 46.9 Å². The van der Waals surface area contributed by atoms with Gasteiger partial charge in [-0.15, -0.1) is 0 Å². The van der Waals surface area contributed by atoms with E-state index >= 15 is 0 Å². The van der Waals surface area contributed by atoms with E-state index in [0.717, 1.165) is 37.7 Å². The molecule has 0 spiro atoms. The van der Waals surface area contributed by atoms with E-state index in [1.807, 2.05) is 6.07 Å². The summed E-state index contributed by atoms with van der Waals surface area (Å²) >= 11 is 0. The Morgan fingerprint density at radius 2 is 1.57 bits per heavy atom. The van der Waals surface area contributed by atoms with Gasteiger partial charge in [0.1, 0.15) is 5.76 Å². The average Bonchev–Trinajstić information content (AvgIpc) is 3.24. The molecule has 2 amide bonds. The van der Waals surface area contributed by atoms with Gasteiger partial charge in [0.05, 0.1) is 6.54 Å². The summed E-state index contributed by atoms with van der Waals surface area (Å²) in [7, 11) is 0. The highest BCUT2D eigenvalue weighted by Gasteiger charge is 2.26. The van der Waals surface area contributed by atoms with Crippen molar-refractivity contribution < 1.29 is 14.0 Å². The lowest BCUT2D eigenvalue weighted by Gasteiger charge is -2.33. The maximum atomic E-state index is 12.7. The average molecular weight is 410 g/mol. The smallest absolute Gasteiger partial charge is 0.289 e. The number of piperidine rings is 1. The fourth-order valence-corrected chi connectivity index (χ4v) is 4.47. The number of carbonyl (C=O) groups is 2. The van der Waals surface area contributed by atoms with Crippen molar-refractivity contribution in [2.45, 2.75) is 32.7 Å². The van der Waals surface area contributed by atoms with E-state index in [2.05, 4.69) is 35.2 Å². The van der Waals surface area contributed by atoms with Crippen molar-refractivity contribution in [2.75, 3.05) is 39.3 Å². The van der Waals surface area contributed by atoms with Crippen LogP contribution in [0.25, 0.3) is 0 Å².